The highest BCUT2D eigenvalue weighted by molar-refractivity contribution is 5.92. The molecule has 0 spiro atoms. The standard InChI is InChI=1S/C13H17NO2.ClH/c1-3-16-13(15)10(2)7-11-5-4-6-12(8-11)9-14;/h4-8H,3,9,14H2,1-2H3;1H/b10-7+;. The highest BCUT2D eigenvalue weighted by Gasteiger charge is 2.04. The van der Waals surface area contributed by atoms with E-state index in [9.17, 15) is 4.79 Å². The van der Waals surface area contributed by atoms with Gasteiger partial charge in [-0.05, 0) is 31.1 Å². The lowest BCUT2D eigenvalue weighted by Gasteiger charge is -2.02. The zero-order valence-corrected chi connectivity index (χ0v) is 10.9. The van der Waals surface area contributed by atoms with E-state index < -0.39 is 0 Å². The van der Waals surface area contributed by atoms with E-state index in [1.54, 1.807) is 19.9 Å². The van der Waals surface area contributed by atoms with Crippen molar-refractivity contribution in [1.82, 2.24) is 0 Å². The number of benzene rings is 1. The Morgan fingerprint density at radius 1 is 1.47 bits per heavy atom. The van der Waals surface area contributed by atoms with Gasteiger partial charge in [0.1, 0.15) is 0 Å². The predicted molar refractivity (Wildman–Crippen MR) is 71.9 cm³/mol. The van der Waals surface area contributed by atoms with Gasteiger partial charge in [-0.25, -0.2) is 4.79 Å². The van der Waals surface area contributed by atoms with E-state index in [-0.39, 0.29) is 18.4 Å². The Bertz CT molecular complexity index is 402. The summed E-state index contributed by atoms with van der Waals surface area (Å²) in [6.07, 6.45) is 1.80. The van der Waals surface area contributed by atoms with Crippen LogP contribution in [-0.2, 0) is 16.1 Å². The molecule has 3 nitrogen and oxygen atoms in total. The van der Waals surface area contributed by atoms with Gasteiger partial charge in [-0.3, -0.25) is 0 Å². The molecule has 0 bridgehead atoms. The van der Waals surface area contributed by atoms with Gasteiger partial charge in [0.05, 0.1) is 6.61 Å². The molecule has 0 saturated heterocycles. The molecule has 0 aliphatic carbocycles. The second-order valence-electron chi connectivity index (χ2n) is 3.50. The summed E-state index contributed by atoms with van der Waals surface area (Å²) < 4.78 is 4.90. The van der Waals surface area contributed by atoms with Crippen molar-refractivity contribution >= 4 is 24.5 Å². The molecule has 1 rings (SSSR count). The number of ether oxygens (including phenoxy) is 1. The Labute approximate surface area is 108 Å². The van der Waals surface area contributed by atoms with Crippen molar-refractivity contribution in [2.45, 2.75) is 20.4 Å². The minimum absolute atomic E-state index is 0. The molecule has 0 radical (unpaired) electrons. The second-order valence-corrected chi connectivity index (χ2v) is 3.50. The summed E-state index contributed by atoms with van der Waals surface area (Å²) in [6.45, 7) is 4.43. The molecule has 0 aliphatic heterocycles. The zero-order valence-electron chi connectivity index (χ0n) is 10.1. The van der Waals surface area contributed by atoms with E-state index in [0.717, 1.165) is 11.1 Å². The monoisotopic (exact) mass is 255 g/mol. The lowest BCUT2D eigenvalue weighted by atomic mass is 10.1. The minimum Gasteiger partial charge on any atom is -0.463 e. The SMILES string of the molecule is CCOC(=O)/C(C)=C/c1cccc(CN)c1.Cl. The van der Waals surface area contributed by atoms with E-state index in [1.807, 2.05) is 24.3 Å². The van der Waals surface area contributed by atoms with E-state index in [2.05, 4.69) is 0 Å². The van der Waals surface area contributed by atoms with Gasteiger partial charge in [0.25, 0.3) is 0 Å². The van der Waals surface area contributed by atoms with Crippen molar-refractivity contribution in [1.29, 1.82) is 0 Å². The molecule has 94 valence electrons. The van der Waals surface area contributed by atoms with Crippen LogP contribution in [0.3, 0.4) is 0 Å². The highest BCUT2D eigenvalue weighted by atomic mass is 35.5. The van der Waals surface area contributed by atoms with Gasteiger partial charge >= 0.3 is 5.97 Å². The number of hydrogen-bond donors (Lipinski definition) is 1. The zero-order chi connectivity index (χ0) is 12.0. The van der Waals surface area contributed by atoms with Crippen molar-refractivity contribution in [2.75, 3.05) is 6.61 Å². The van der Waals surface area contributed by atoms with Crippen LogP contribution in [-0.4, -0.2) is 12.6 Å². The Kier molecular flexibility index (Phi) is 7.26. The Morgan fingerprint density at radius 3 is 2.76 bits per heavy atom. The number of carbonyl (C=O) groups is 1. The molecule has 4 heteroatoms. The third kappa shape index (κ3) is 5.02. The quantitative estimate of drug-likeness (QED) is 0.665. The van der Waals surface area contributed by atoms with Crippen LogP contribution in [0.5, 0.6) is 0 Å². The summed E-state index contributed by atoms with van der Waals surface area (Å²) in [5.41, 5.74) is 8.15. The smallest absolute Gasteiger partial charge is 0.333 e. The maximum atomic E-state index is 11.4. The van der Waals surface area contributed by atoms with E-state index in [0.29, 0.717) is 18.7 Å². The van der Waals surface area contributed by atoms with Crippen molar-refractivity contribution in [3.8, 4) is 0 Å². The van der Waals surface area contributed by atoms with Gasteiger partial charge in [0.2, 0.25) is 0 Å². The number of nitrogens with two attached hydrogens (primary N) is 1. The first kappa shape index (κ1) is 15.7. The average molecular weight is 256 g/mol. The Morgan fingerprint density at radius 2 is 2.18 bits per heavy atom. The molecule has 0 unspecified atom stereocenters. The van der Waals surface area contributed by atoms with E-state index in [1.165, 1.54) is 0 Å². The molecule has 0 heterocycles. The minimum atomic E-state index is -0.277. The molecule has 0 aromatic heterocycles. The largest absolute Gasteiger partial charge is 0.463 e. The number of rotatable bonds is 4. The topological polar surface area (TPSA) is 52.3 Å². The molecule has 0 aliphatic rings. The van der Waals surface area contributed by atoms with Crippen LogP contribution < -0.4 is 5.73 Å². The number of halogens is 1. The highest BCUT2D eigenvalue weighted by Crippen LogP contribution is 2.10. The Hall–Kier alpha value is -1.32. The fourth-order valence-corrected chi connectivity index (χ4v) is 1.36. The molecule has 1 aromatic rings. The first-order chi connectivity index (χ1) is 7.67. The van der Waals surface area contributed by atoms with Crippen molar-refractivity contribution in [2.24, 2.45) is 5.73 Å². The van der Waals surface area contributed by atoms with Gasteiger partial charge in [-0.1, -0.05) is 24.3 Å². The van der Waals surface area contributed by atoms with Crippen LogP contribution in [0, 0.1) is 0 Å². The second kappa shape index (κ2) is 7.87. The Balaban J connectivity index is 0.00000256. The molecule has 0 amide bonds. The summed E-state index contributed by atoms with van der Waals surface area (Å²) in [7, 11) is 0. The van der Waals surface area contributed by atoms with Gasteiger partial charge in [0, 0.05) is 12.1 Å². The molecule has 0 fully saturated rings. The summed E-state index contributed by atoms with van der Waals surface area (Å²) >= 11 is 0. The summed E-state index contributed by atoms with van der Waals surface area (Å²) in [6, 6.07) is 7.77. The first-order valence-electron chi connectivity index (χ1n) is 5.31. The van der Waals surface area contributed by atoms with E-state index in [4.69, 9.17) is 10.5 Å². The first-order valence-corrected chi connectivity index (χ1v) is 5.31. The maximum Gasteiger partial charge on any atom is 0.333 e. The number of carbonyl (C=O) groups excluding carboxylic acids is 1. The van der Waals surface area contributed by atoms with Crippen molar-refractivity contribution in [3.63, 3.8) is 0 Å². The predicted octanol–water partition coefficient (Wildman–Crippen LogP) is 2.53. The van der Waals surface area contributed by atoms with Gasteiger partial charge in [-0.15, -0.1) is 12.4 Å². The lowest BCUT2D eigenvalue weighted by Crippen LogP contribution is -2.04. The van der Waals surface area contributed by atoms with Crippen LogP contribution >= 0.6 is 12.4 Å². The third-order valence-electron chi connectivity index (χ3n) is 2.17. The molecule has 17 heavy (non-hydrogen) atoms. The van der Waals surface area contributed by atoms with Crippen molar-refractivity contribution in [3.05, 3.63) is 41.0 Å². The lowest BCUT2D eigenvalue weighted by molar-refractivity contribution is -0.138. The maximum absolute atomic E-state index is 11.4. The van der Waals surface area contributed by atoms with Gasteiger partial charge in [-0.2, -0.15) is 0 Å². The molecule has 2 N–H and O–H groups in total. The normalized spacial score (nSPS) is 10.6. The molecular formula is C13H18ClNO2. The van der Waals surface area contributed by atoms with Gasteiger partial charge < -0.3 is 10.5 Å². The van der Waals surface area contributed by atoms with Crippen LogP contribution in [0.2, 0.25) is 0 Å². The number of esters is 1. The molecule has 1 aromatic carbocycles. The average Bonchev–Trinajstić information content (AvgIpc) is 2.29. The number of hydrogen-bond acceptors (Lipinski definition) is 3. The fourth-order valence-electron chi connectivity index (χ4n) is 1.36. The summed E-state index contributed by atoms with van der Waals surface area (Å²) in [5, 5.41) is 0. The van der Waals surface area contributed by atoms with E-state index >= 15 is 0 Å². The third-order valence-corrected chi connectivity index (χ3v) is 2.17. The van der Waals surface area contributed by atoms with Crippen LogP contribution in [0.25, 0.3) is 6.08 Å². The van der Waals surface area contributed by atoms with Gasteiger partial charge in [0.15, 0.2) is 0 Å². The summed E-state index contributed by atoms with van der Waals surface area (Å²) in [4.78, 5) is 11.4. The molecule has 0 atom stereocenters. The summed E-state index contributed by atoms with van der Waals surface area (Å²) in [5.74, 6) is -0.277. The molecule has 0 saturated carbocycles. The van der Waals surface area contributed by atoms with Crippen LogP contribution in [0.15, 0.2) is 29.8 Å². The van der Waals surface area contributed by atoms with Crippen molar-refractivity contribution < 1.29 is 9.53 Å². The molecular weight excluding hydrogens is 238 g/mol. The van der Waals surface area contributed by atoms with Crippen LogP contribution in [0.4, 0.5) is 0 Å². The van der Waals surface area contributed by atoms with Crippen LogP contribution in [0.1, 0.15) is 25.0 Å². The fraction of sp³-hybridized carbons (Fsp3) is 0.308.